The van der Waals surface area contributed by atoms with Crippen LogP contribution in [0.3, 0.4) is 0 Å². The molecule has 0 fully saturated rings. The van der Waals surface area contributed by atoms with Crippen LogP contribution in [0.25, 0.3) is 0 Å². The van der Waals surface area contributed by atoms with Gasteiger partial charge in [-0.3, -0.25) is 0 Å². The molecule has 68 valence electrons. The van der Waals surface area contributed by atoms with Gasteiger partial charge in [0.1, 0.15) is 5.75 Å². The second-order valence-electron chi connectivity index (χ2n) is 2.72. The first-order chi connectivity index (χ1) is 6.27. The van der Waals surface area contributed by atoms with Gasteiger partial charge >= 0.3 is 0 Å². The van der Waals surface area contributed by atoms with E-state index in [9.17, 15) is 0 Å². The molecule has 0 bridgehead atoms. The van der Waals surface area contributed by atoms with Crippen molar-refractivity contribution in [3.63, 3.8) is 0 Å². The Morgan fingerprint density at radius 1 is 1.54 bits per heavy atom. The van der Waals surface area contributed by atoms with Gasteiger partial charge in [0.05, 0.1) is 18.8 Å². The molecule has 1 aromatic rings. The van der Waals surface area contributed by atoms with Crippen molar-refractivity contribution in [3.8, 4) is 5.75 Å². The van der Waals surface area contributed by atoms with Crippen LogP contribution in [0.2, 0.25) is 0 Å². The monoisotopic (exact) mass is 193 g/mol. The molecule has 0 atom stereocenters. The van der Waals surface area contributed by atoms with E-state index in [2.05, 4.69) is 22.4 Å². The summed E-state index contributed by atoms with van der Waals surface area (Å²) >= 11 is 4.50. The molecular formula is C10H11NOS. The summed E-state index contributed by atoms with van der Waals surface area (Å²) < 4.78 is 5.20. The number of rotatable bonds is 3. The second-order valence-corrected chi connectivity index (χ2v) is 2.91. The summed E-state index contributed by atoms with van der Waals surface area (Å²) in [6.45, 7) is 2.56. The number of aryl methyl sites for hydroxylation is 1. The molecule has 0 amide bonds. The smallest absolute Gasteiger partial charge is 0.124 e. The van der Waals surface area contributed by atoms with Crippen LogP contribution in [-0.2, 0) is 6.54 Å². The van der Waals surface area contributed by atoms with Crippen molar-refractivity contribution < 1.29 is 4.74 Å². The van der Waals surface area contributed by atoms with Gasteiger partial charge in [-0.1, -0.05) is 12.1 Å². The van der Waals surface area contributed by atoms with Crippen molar-refractivity contribution in [2.24, 2.45) is 4.99 Å². The highest BCUT2D eigenvalue weighted by Gasteiger charge is 2.00. The van der Waals surface area contributed by atoms with Gasteiger partial charge in [-0.15, -0.1) is 0 Å². The lowest BCUT2D eigenvalue weighted by Crippen LogP contribution is -1.91. The Morgan fingerprint density at radius 3 is 2.92 bits per heavy atom. The van der Waals surface area contributed by atoms with Crippen molar-refractivity contribution in [2.75, 3.05) is 7.11 Å². The largest absolute Gasteiger partial charge is 0.496 e. The summed E-state index contributed by atoms with van der Waals surface area (Å²) in [4.78, 5) is 3.87. The number of benzene rings is 1. The van der Waals surface area contributed by atoms with E-state index in [0.29, 0.717) is 6.54 Å². The quantitative estimate of drug-likeness (QED) is 0.543. The fourth-order valence-corrected chi connectivity index (χ4v) is 1.16. The molecule has 0 N–H and O–H groups in total. The lowest BCUT2D eigenvalue weighted by Gasteiger charge is -2.06. The molecule has 1 rings (SSSR count). The third-order valence-electron chi connectivity index (χ3n) is 1.76. The Labute approximate surface area is 83.3 Å². The molecule has 0 aromatic heterocycles. The van der Waals surface area contributed by atoms with Crippen LogP contribution >= 0.6 is 12.2 Å². The summed E-state index contributed by atoms with van der Waals surface area (Å²) in [5, 5.41) is 2.33. The zero-order valence-electron chi connectivity index (χ0n) is 7.70. The van der Waals surface area contributed by atoms with Crippen molar-refractivity contribution >= 4 is 17.4 Å². The van der Waals surface area contributed by atoms with Crippen LogP contribution in [-0.4, -0.2) is 12.3 Å². The van der Waals surface area contributed by atoms with Gasteiger partial charge < -0.3 is 4.74 Å². The van der Waals surface area contributed by atoms with Crippen LogP contribution in [0.4, 0.5) is 0 Å². The van der Waals surface area contributed by atoms with Crippen LogP contribution in [0.15, 0.2) is 23.2 Å². The first-order valence-corrected chi connectivity index (χ1v) is 4.36. The van der Waals surface area contributed by atoms with E-state index in [-0.39, 0.29) is 0 Å². The molecule has 0 unspecified atom stereocenters. The summed E-state index contributed by atoms with van der Waals surface area (Å²) in [6.07, 6.45) is 0. The van der Waals surface area contributed by atoms with E-state index in [1.807, 2.05) is 25.1 Å². The predicted molar refractivity (Wildman–Crippen MR) is 56.5 cm³/mol. The molecule has 13 heavy (non-hydrogen) atoms. The molecule has 0 aliphatic rings. The molecule has 1 aromatic carbocycles. The van der Waals surface area contributed by atoms with Gasteiger partial charge in [-0.2, -0.15) is 0 Å². The first-order valence-electron chi connectivity index (χ1n) is 3.95. The third kappa shape index (κ3) is 2.65. The minimum Gasteiger partial charge on any atom is -0.496 e. The molecule has 0 aliphatic heterocycles. The highest BCUT2D eigenvalue weighted by molar-refractivity contribution is 7.78. The summed E-state index contributed by atoms with van der Waals surface area (Å²) in [5.74, 6) is 0.856. The summed E-state index contributed by atoms with van der Waals surface area (Å²) in [5.41, 5.74) is 2.21. The van der Waals surface area contributed by atoms with Crippen molar-refractivity contribution in [3.05, 3.63) is 29.3 Å². The average Bonchev–Trinajstić information content (AvgIpc) is 2.16. The molecule has 2 nitrogen and oxygen atoms in total. The van der Waals surface area contributed by atoms with Crippen molar-refractivity contribution in [1.29, 1.82) is 0 Å². The molecule has 0 aliphatic carbocycles. The number of isothiocyanates is 1. The van der Waals surface area contributed by atoms with Crippen LogP contribution in [0.5, 0.6) is 5.75 Å². The molecule has 0 spiro atoms. The fourth-order valence-electron chi connectivity index (χ4n) is 1.10. The predicted octanol–water partition coefficient (Wildman–Crippen LogP) is 2.61. The van der Waals surface area contributed by atoms with Crippen LogP contribution in [0, 0.1) is 6.92 Å². The SMILES string of the molecule is COc1cc(C)ccc1CN=C=S. The van der Waals surface area contributed by atoms with Crippen LogP contribution < -0.4 is 4.74 Å². The normalized spacial score (nSPS) is 9.08. The molecule has 0 saturated heterocycles. The Morgan fingerprint density at radius 2 is 2.31 bits per heavy atom. The molecule has 3 heteroatoms. The fraction of sp³-hybridized carbons (Fsp3) is 0.300. The lowest BCUT2D eigenvalue weighted by atomic mass is 10.1. The highest BCUT2D eigenvalue weighted by atomic mass is 32.1. The Kier molecular flexibility index (Phi) is 3.62. The van der Waals surface area contributed by atoms with E-state index < -0.39 is 0 Å². The number of hydrogen-bond donors (Lipinski definition) is 0. The van der Waals surface area contributed by atoms with E-state index in [1.165, 1.54) is 5.56 Å². The average molecular weight is 193 g/mol. The maximum Gasteiger partial charge on any atom is 0.124 e. The van der Waals surface area contributed by atoms with Gasteiger partial charge in [0.25, 0.3) is 0 Å². The third-order valence-corrected chi connectivity index (χ3v) is 1.89. The van der Waals surface area contributed by atoms with Gasteiger partial charge in [-0.25, -0.2) is 4.99 Å². The lowest BCUT2D eigenvalue weighted by molar-refractivity contribution is 0.409. The maximum atomic E-state index is 5.20. The van der Waals surface area contributed by atoms with Gasteiger partial charge in [0.2, 0.25) is 0 Å². The summed E-state index contributed by atoms with van der Waals surface area (Å²) in [7, 11) is 1.65. The number of ether oxygens (including phenoxy) is 1. The number of methoxy groups -OCH3 is 1. The number of thiocarbonyl (C=S) groups is 1. The maximum absolute atomic E-state index is 5.20. The van der Waals surface area contributed by atoms with Crippen molar-refractivity contribution in [2.45, 2.75) is 13.5 Å². The van der Waals surface area contributed by atoms with E-state index in [1.54, 1.807) is 7.11 Å². The van der Waals surface area contributed by atoms with E-state index in [4.69, 9.17) is 4.74 Å². The summed E-state index contributed by atoms with van der Waals surface area (Å²) in [6, 6.07) is 6.00. The molecule has 0 radical (unpaired) electrons. The number of aliphatic imine (C=N–C) groups is 1. The zero-order chi connectivity index (χ0) is 9.68. The molecular weight excluding hydrogens is 182 g/mol. The number of hydrogen-bond acceptors (Lipinski definition) is 3. The molecule has 0 saturated carbocycles. The first kappa shape index (κ1) is 9.90. The van der Waals surface area contributed by atoms with Gasteiger partial charge in [0.15, 0.2) is 0 Å². The van der Waals surface area contributed by atoms with Gasteiger partial charge in [0, 0.05) is 5.56 Å². The topological polar surface area (TPSA) is 21.6 Å². The minimum atomic E-state index is 0.535. The van der Waals surface area contributed by atoms with E-state index >= 15 is 0 Å². The number of nitrogens with zero attached hydrogens (tertiary/aromatic N) is 1. The van der Waals surface area contributed by atoms with Crippen molar-refractivity contribution in [1.82, 2.24) is 0 Å². The standard InChI is InChI=1S/C10H11NOS/c1-8-3-4-9(6-11-7-13)10(5-8)12-2/h3-5H,6H2,1-2H3. The minimum absolute atomic E-state index is 0.535. The highest BCUT2D eigenvalue weighted by Crippen LogP contribution is 2.20. The Balaban J connectivity index is 2.98. The molecule has 0 heterocycles. The zero-order valence-corrected chi connectivity index (χ0v) is 8.52. The van der Waals surface area contributed by atoms with Gasteiger partial charge in [-0.05, 0) is 30.8 Å². The Bertz CT molecular complexity index is 343. The Hall–Kier alpha value is -1.18. The van der Waals surface area contributed by atoms with E-state index in [0.717, 1.165) is 11.3 Å². The van der Waals surface area contributed by atoms with Crippen LogP contribution in [0.1, 0.15) is 11.1 Å². The second kappa shape index (κ2) is 4.75.